The molecule has 3 N–H and O–H groups in total. The second kappa shape index (κ2) is 4.85. The molecule has 0 aliphatic rings. The number of amides is 1. The Labute approximate surface area is 92.8 Å². The van der Waals surface area contributed by atoms with Crippen molar-refractivity contribution in [1.29, 1.82) is 0 Å². The SMILES string of the molecule is O=C(O)CCNC(=O)c1cn[nH]c1C(F)(F)F. The summed E-state index contributed by atoms with van der Waals surface area (Å²) in [5.74, 6) is -2.18. The van der Waals surface area contributed by atoms with Gasteiger partial charge in [-0.3, -0.25) is 14.7 Å². The molecule has 0 bridgehead atoms. The molecule has 6 nitrogen and oxygen atoms in total. The number of carboxylic acids is 1. The molecule has 0 saturated heterocycles. The predicted octanol–water partition coefficient (Wildman–Crippen LogP) is 0.633. The number of rotatable bonds is 4. The van der Waals surface area contributed by atoms with Crippen LogP contribution in [0.4, 0.5) is 13.2 Å². The highest BCUT2D eigenvalue weighted by atomic mass is 19.4. The molecule has 0 aromatic carbocycles. The maximum Gasteiger partial charge on any atom is 0.433 e. The minimum absolute atomic E-state index is 0.253. The number of carbonyl (C=O) groups is 2. The Morgan fingerprint density at radius 3 is 2.65 bits per heavy atom. The summed E-state index contributed by atoms with van der Waals surface area (Å²) in [4.78, 5) is 21.4. The van der Waals surface area contributed by atoms with Crippen LogP contribution in [-0.4, -0.2) is 33.7 Å². The van der Waals surface area contributed by atoms with Crippen molar-refractivity contribution >= 4 is 11.9 Å². The van der Waals surface area contributed by atoms with E-state index >= 15 is 0 Å². The van der Waals surface area contributed by atoms with Crippen LogP contribution in [0.5, 0.6) is 0 Å². The first-order chi connectivity index (χ1) is 7.82. The number of H-pyrrole nitrogens is 1. The summed E-state index contributed by atoms with van der Waals surface area (Å²) < 4.78 is 37.0. The quantitative estimate of drug-likeness (QED) is 0.731. The lowest BCUT2D eigenvalue weighted by Gasteiger charge is -2.06. The molecule has 0 aliphatic heterocycles. The number of carboxylic acid groups (broad SMARTS) is 1. The first-order valence-electron chi connectivity index (χ1n) is 4.43. The fourth-order valence-electron chi connectivity index (χ4n) is 1.05. The molecule has 0 fully saturated rings. The Morgan fingerprint density at radius 2 is 2.12 bits per heavy atom. The Morgan fingerprint density at radius 1 is 1.47 bits per heavy atom. The third-order valence-corrected chi connectivity index (χ3v) is 1.79. The zero-order chi connectivity index (χ0) is 13.1. The molecule has 1 aromatic rings. The van der Waals surface area contributed by atoms with Gasteiger partial charge >= 0.3 is 12.1 Å². The molecule has 94 valence electrons. The molecule has 1 aromatic heterocycles. The number of nitrogens with one attached hydrogen (secondary N) is 2. The number of halogens is 3. The number of hydrogen-bond donors (Lipinski definition) is 3. The summed E-state index contributed by atoms with van der Waals surface area (Å²) in [6, 6.07) is 0. The van der Waals surface area contributed by atoms with E-state index in [0.717, 1.165) is 6.20 Å². The number of aromatic nitrogens is 2. The number of aromatic amines is 1. The highest BCUT2D eigenvalue weighted by Crippen LogP contribution is 2.29. The summed E-state index contributed by atoms with van der Waals surface area (Å²) in [6.45, 7) is -0.253. The number of aliphatic carboxylic acids is 1. The normalized spacial score (nSPS) is 11.2. The Bertz CT molecular complexity index is 427. The molecule has 0 atom stereocenters. The maximum atomic E-state index is 12.3. The molecule has 17 heavy (non-hydrogen) atoms. The van der Waals surface area contributed by atoms with Crippen molar-refractivity contribution in [3.05, 3.63) is 17.5 Å². The van der Waals surface area contributed by atoms with E-state index in [0.29, 0.717) is 0 Å². The smallest absolute Gasteiger partial charge is 0.433 e. The lowest BCUT2D eigenvalue weighted by molar-refractivity contribution is -0.141. The van der Waals surface area contributed by atoms with E-state index in [1.807, 2.05) is 5.32 Å². The van der Waals surface area contributed by atoms with E-state index in [9.17, 15) is 22.8 Å². The van der Waals surface area contributed by atoms with Crippen LogP contribution >= 0.6 is 0 Å². The minimum Gasteiger partial charge on any atom is -0.481 e. The summed E-state index contributed by atoms with van der Waals surface area (Å²) in [5.41, 5.74) is -1.92. The van der Waals surface area contributed by atoms with Gasteiger partial charge in [-0.2, -0.15) is 18.3 Å². The van der Waals surface area contributed by atoms with Crippen LogP contribution in [-0.2, 0) is 11.0 Å². The number of carbonyl (C=O) groups excluding carboxylic acids is 1. The van der Waals surface area contributed by atoms with Crippen molar-refractivity contribution in [2.24, 2.45) is 0 Å². The number of hydrogen-bond acceptors (Lipinski definition) is 3. The van der Waals surface area contributed by atoms with Crippen molar-refractivity contribution < 1.29 is 27.9 Å². The maximum absolute atomic E-state index is 12.3. The van der Waals surface area contributed by atoms with Crippen LogP contribution < -0.4 is 5.32 Å². The monoisotopic (exact) mass is 251 g/mol. The van der Waals surface area contributed by atoms with E-state index in [2.05, 4.69) is 5.10 Å². The minimum atomic E-state index is -4.71. The Kier molecular flexibility index (Phi) is 3.71. The predicted molar refractivity (Wildman–Crippen MR) is 48.2 cm³/mol. The van der Waals surface area contributed by atoms with Gasteiger partial charge in [0.25, 0.3) is 5.91 Å². The summed E-state index contributed by atoms with van der Waals surface area (Å²) in [6.07, 6.45) is -4.35. The second-order valence-corrected chi connectivity index (χ2v) is 3.06. The molecule has 1 heterocycles. The van der Waals surface area contributed by atoms with Crippen molar-refractivity contribution in [3.63, 3.8) is 0 Å². The van der Waals surface area contributed by atoms with Gasteiger partial charge in [0.05, 0.1) is 18.2 Å². The molecule has 0 spiro atoms. The largest absolute Gasteiger partial charge is 0.481 e. The van der Waals surface area contributed by atoms with Crippen molar-refractivity contribution in [1.82, 2.24) is 15.5 Å². The van der Waals surface area contributed by atoms with Crippen LogP contribution in [0.1, 0.15) is 22.5 Å². The molecule has 0 saturated carbocycles. The van der Waals surface area contributed by atoms with Crippen molar-refractivity contribution in [3.8, 4) is 0 Å². The summed E-state index contributed by atoms with van der Waals surface area (Å²) in [7, 11) is 0. The van der Waals surface area contributed by atoms with Gasteiger partial charge in [0.15, 0.2) is 5.69 Å². The van der Waals surface area contributed by atoms with Gasteiger partial charge in [-0.1, -0.05) is 0 Å². The molecule has 0 unspecified atom stereocenters. The standard InChI is InChI=1S/C8H8F3N3O3/c9-8(10,11)6-4(3-13-14-6)7(17)12-2-1-5(15)16/h3H,1-2H2,(H,12,17)(H,13,14)(H,15,16). The van der Waals surface area contributed by atoms with Gasteiger partial charge in [0.1, 0.15) is 0 Å². The number of nitrogens with zero attached hydrogens (tertiary/aromatic N) is 1. The average Bonchev–Trinajstić information content (AvgIpc) is 2.64. The molecule has 9 heteroatoms. The topological polar surface area (TPSA) is 95.1 Å². The summed E-state index contributed by atoms with van der Waals surface area (Å²) >= 11 is 0. The average molecular weight is 251 g/mol. The molecular weight excluding hydrogens is 243 g/mol. The van der Waals surface area contributed by atoms with Crippen LogP contribution in [0.15, 0.2) is 6.20 Å². The highest BCUT2D eigenvalue weighted by Gasteiger charge is 2.37. The van der Waals surface area contributed by atoms with Gasteiger partial charge in [-0.25, -0.2) is 0 Å². The van der Waals surface area contributed by atoms with Gasteiger partial charge in [0, 0.05) is 6.54 Å². The van der Waals surface area contributed by atoms with E-state index < -0.39 is 29.3 Å². The third-order valence-electron chi connectivity index (χ3n) is 1.79. The zero-order valence-corrected chi connectivity index (χ0v) is 8.34. The molecule has 0 aliphatic carbocycles. The molecule has 0 radical (unpaired) electrons. The lowest BCUT2D eigenvalue weighted by Crippen LogP contribution is -2.27. The fourth-order valence-corrected chi connectivity index (χ4v) is 1.05. The van der Waals surface area contributed by atoms with Crippen LogP contribution in [0.3, 0.4) is 0 Å². The van der Waals surface area contributed by atoms with Crippen molar-refractivity contribution in [2.75, 3.05) is 6.54 Å². The lowest BCUT2D eigenvalue weighted by atomic mass is 10.2. The van der Waals surface area contributed by atoms with Gasteiger partial charge in [0.2, 0.25) is 0 Å². The zero-order valence-electron chi connectivity index (χ0n) is 8.34. The van der Waals surface area contributed by atoms with Gasteiger partial charge in [-0.05, 0) is 0 Å². The second-order valence-electron chi connectivity index (χ2n) is 3.06. The number of alkyl halides is 3. The van der Waals surface area contributed by atoms with E-state index in [1.54, 1.807) is 5.10 Å². The van der Waals surface area contributed by atoms with Crippen molar-refractivity contribution in [2.45, 2.75) is 12.6 Å². The molecular formula is C8H8F3N3O3. The van der Waals surface area contributed by atoms with E-state index in [-0.39, 0.29) is 13.0 Å². The fraction of sp³-hybridized carbons (Fsp3) is 0.375. The first-order valence-corrected chi connectivity index (χ1v) is 4.43. The van der Waals surface area contributed by atoms with Crippen LogP contribution in [0.2, 0.25) is 0 Å². The Hall–Kier alpha value is -2.06. The van der Waals surface area contributed by atoms with Gasteiger partial charge < -0.3 is 10.4 Å². The van der Waals surface area contributed by atoms with Crippen LogP contribution in [0.25, 0.3) is 0 Å². The van der Waals surface area contributed by atoms with Gasteiger partial charge in [-0.15, -0.1) is 0 Å². The molecule has 1 amide bonds. The third kappa shape index (κ3) is 3.47. The molecule has 1 rings (SSSR count). The highest BCUT2D eigenvalue weighted by molar-refractivity contribution is 5.95. The van der Waals surface area contributed by atoms with E-state index in [1.165, 1.54) is 0 Å². The van der Waals surface area contributed by atoms with Crippen LogP contribution in [0, 0.1) is 0 Å². The first kappa shape index (κ1) is 13.0. The summed E-state index contributed by atoms with van der Waals surface area (Å²) in [5, 5.41) is 15.1. The Balaban J connectivity index is 2.70. The van der Waals surface area contributed by atoms with E-state index in [4.69, 9.17) is 5.11 Å².